The standard InChI is InChI=1S/C9H14N4O2/c1-6(14)4-9(15)13(3)5-8-10-7(2)11-12-8/h4-5H2,1-3H3,(H,10,11,12). The normalized spacial score (nSPS) is 10.1. The maximum Gasteiger partial charge on any atom is 0.230 e. The average molecular weight is 210 g/mol. The zero-order valence-electron chi connectivity index (χ0n) is 9.07. The summed E-state index contributed by atoms with van der Waals surface area (Å²) in [5, 5.41) is 6.59. The first-order chi connectivity index (χ1) is 6.99. The molecule has 0 saturated carbocycles. The van der Waals surface area contributed by atoms with Crippen molar-refractivity contribution in [2.45, 2.75) is 26.8 Å². The maximum atomic E-state index is 11.4. The molecule has 0 atom stereocenters. The number of H-pyrrole nitrogens is 1. The third-order valence-corrected chi connectivity index (χ3v) is 1.85. The van der Waals surface area contributed by atoms with Crippen LogP contribution in [0, 0.1) is 6.92 Å². The van der Waals surface area contributed by atoms with Gasteiger partial charge in [0.05, 0.1) is 13.0 Å². The van der Waals surface area contributed by atoms with Crippen LogP contribution in [-0.2, 0) is 16.1 Å². The Morgan fingerprint density at radius 3 is 2.60 bits per heavy atom. The van der Waals surface area contributed by atoms with Crippen molar-refractivity contribution in [1.82, 2.24) is 20.1 Å². The second-order valence-corrected chi connectivity index (χ2v) is 3.47. The minimum absolute atomic E-state index is 0.0695. The van der Waals surface area contributed by atoms with Gasteiger partial charge in [-0.1, -0.05) is 0 Å². The van der Waals surface area contributed by atoms with Crippen LogP contribution in [0.25, 0.3) is 0 Å². The summed E-state index contributed by atoms with van der Waals surface area (Å²) in [4.78, 5) is 27.6. The molecule has 1 rings (SSSR count). The molecule has 0 aliphatic carbocycles. The lowest BCUT2D eigenvalue weighted by Crippen LogP contribution is -2.28. The number of nitrogens with one attached hydrogen (secondary N) is 1. The molecule has 0 radical (unpaired) electrons. The predicted octanol–water partition coefficient (Wildman–Crippen LogP) is 0.0506. The van der Waals surface area contributed by atoms with Crippen LogP contribution in [0.3, 0.4) is 0 Å². The maximum absolute atomic E-state index is 11.4. The molecule has 0 spiro atoms. The van der Waals surface area contributed by atoms with Gasteiger partial charge in [0.25, 0.3) is 0 Å². The monoisotopic (exact) mass is 210 g/mol. The summed E-state index contributed by atoms with van der Waals surface area (Å²) in [6.07, 6.45) is -0.0695. The fraction of sp³-hybridized carbons (Fsp3) is 0.556. The van der Waals surface area contributed by atoms with Gasteiger partial charge >= 0.3 is 0 Å². The molecule has 0 aliphatic rings. The van der Waals surface area contributed by atoms with Crippen LogP contribution in [0.1, 0.15) is 25.0 Å². The summed E-state index contributed by atoms with van der Waals surface area (Å²) in [6.45, 7) is 3.49. The van der Waals surface area contributed by atoms with Crippen molar-refractivity contribution in [2.75, 3.05) is 7.05 Å². The highest BCUT2D eigenvalue weighted by Gasteiger charge is 2.13. The summed E-state index contributed by atoms with van der Waals surface area (Å²) in [6, 6.07) is 0. The van der Waals surface area contributed by atoms with Gasteiger partial charge in [0.2, 0.25) is 5.91 Å². The number of hydrogen-bond donors (Lipinski definition) is 1. The van der Waals surface area contributed by atoms with E-state index in [1.54, 1.807) is 14.0 Å². The number of Topliss-reactive ketones (excluding diaryl/α,β-unsaturated/α-hetero) is 1. The summed E-state index contributed by atoms with van der Waals surface area (Å²) in [7, 11) is 1.62. The Labute approximate surface area is 87.7 Å². The van der Waals surface area contributed by atoms with E-state index in [-0.39, 0.29) is 18.1 Å². The van der Waals surface area contributed by atoms with Crippen LogP contribution in [-0.4, -0.2) is 38.8 Å². The lowest BCUT2D eigenvalue weighted by molar-refractivity contribution is -0.134. The highest BCUT2D eigenvalue weighted by Crippen LogP contribution is 1.99. The zero-order chi connectivity index (χ0) is 11.4. The zero-order valence-corrected chi connectivity index (χ0v) is 9.07. The number of carbonyl (C=O) groups excluding carboxylic acids is 2. The van der Waals surface area contributed by atoms with Crippen LogP contribution in [0.2, 0.25) is 0 Å². The van der Waals surface area contributed by atoms with E-state index < -0.39 is 0 Å². The van der Waals surface area contributed by atoms with E-state index >= 15 is 0 Å². The third kappa shape index (κ3) is 3.49. The topological polar surface area (TPSA) is 79.0 Å². The van der Waals surface area contributed by atoms with Crippen LogP contribution in [0.4, 0.5) is 0 Å². The molecule has 1 aromatic rings. The molecule has 0 saturated heterocycles. The van der Waals surface area contributed by atoms with Gasteiger partial charge in [-0.15, -0.1) is 0 Å². The molecule has 0 aliphatic heterocycles. The molecule has 1 N–H and O–H groups in total. The molecule has 0 fully saturated rings. The van der Waals surface area contributed by atoms with Crippen LogP contribution < -0.4 is 0 Å². The molecule has 0 bridgehead atoms. The van der Waals surface area contributed by atoms with E-state index in [0.29, 0.717) is 18.2 Å². The van der Waals surface area contributed by atoms with Crippen molar-refractivity contribution in [3.63, 3.8) is 0 Å². The lowest BCUT2D eigenvalue weighted by atomic mass is 10.3. The fourth-order valence-corrected chi connectivity index (χ4v) is 1.11. The number of aromatic amines is 1. The Morgan fingerprint density at radius 1 is 1.47 bits per heavy atom. The summed E-state index contributed by atoms with van der Waals surface area (Å²) in [5.41, 5.74) is 0. The second kappa shape index (κ2) is 4.68. The first kappa shape index (κ1) is 11.4. The number of aromatic nitrogens is 3. The SMILES string of the molecule is CC(=O)CC(=O)N(C)Cc1n[nH]c(C)n1. The molecule has 0 unspecified atom stereocenters. The number of hydrogen-bond acceptors (Lipinski definition) is 4. The summed E-state index contributed by atoms with van der Waals surface area (Å²) >= 11 is 0. The number of carbonyl (C=O) groups is 2. The van der Waals surface area contributed by atoms with Crippen LogP contribution >= 0.6 is 0 Å². The highest BCUT2D eigenvalue weighted by molar-refractivity contribution is 5.96. The van der Waals surface area contributed by atoms with E-state index in [9.17, 15) is 9.59 Å². The van der Waals surface area contributed by atoms with Crippen LogP contribution in [0.15, 0.2) is 0 Å². The van der Waals surface area contributed by atoms with Gasteiger partial charge in [-0.25, -0.2) is 4.98 Å². The highest BCUT2D eigenvalue weighted by atomic mass is 16.2. The first-order valence-corrected chi connectivity index (χ1v) is 4.60. The molecule has 15 heavy (non-hydrogen) atoms. The lowest BCUT2D eigenvalue weighted by Gasteiger charge is -2.13. The quantitative estimate of drug-likeness (QED) is 0.712. The second-order valence-electron chi connectivity index (χ2n) is 3.47. The Kier molecular flexibility index (Phi) is 3.54. The summed E-state index contributed by atoms with van der Waals surface area (Å²) in [5.74, 6) is 0.896. The van der Waals surface area contributed by atoms with E-state index in [0.717, 1.165) is 0 Å². The minimum atomic E-state index is -0.218. The van der Waals surface area contributed by atoms with E-state index in [1.807, 2.05) is 0 Å². The van der Waals surface area contributed by atoms with Crippen molar-refractivity contribution >= 4 is 11.7 Å². The van der Waals surface area contributed by atoms with Gasteiger partial charge in [-0.2, -0.15) is 5.10 Å². The molecule has 1 heterocycles. The number of rotatable bonds is 4. The summed E-state index contributed by atoms with van der Waals surface area (Å²) < 4.78 is 0. The number of ketones is 1. The van der Waals surface area contributed by atoms with Crippen molar-refractivity contribution in [2.24, 2.45) is 0 Å². The van der Waals surface area contributed by atoms with Gasteiger partial charge in [0.15, 0.2) is 5.82 Å². The van der Waals surface area contributed by atoms with Gasteiger partial charge < -0.3 is 4.90 Å². The van der Waals surface area contributed by atoms with E-state index in [2.05, 4.69) is 15.2 Å². The molecule has 1 aromatic heterocycles. The molecule has 1 amide bonds. The molecule has 6 heteroatoms. The molecular formula is C9H14N4O2. The van der Waals surface area contributed by atoms with Crippen molar-refractivity contribution in [3.8, 4) is 0 Å². The molecule has 82 valence electrons. The number of amides is 1. The minimum Gasteiger partial charge on any atom is -0.338 e. The van der Waals surface area contributed by atoms with E-state index in [1.165, 1.54) is 11.8 Å². The average Bonchev–Trinajstić information content (AvgIpc) is 2.50. The smallest absolute Gasteiger partial charge is 0.230 e. The van der Waals surface area contributed by atoms with Crippen molar-refractivity contribution < 1.29 is 9.59 Å². The van der Waals surface area contributed by atoms with Gasteiger partial charge in [0.1, 0.15) is 11.6 Å². The van der Waals surface area contributed by atoms with Crippen molar-refractivity contribution in [3.05, 3.63) is 11.6 Å². The third-order valence-electron chi connectivity index (χ3n) is 1.85. The Balaban J connectivity index is 2.51. The van der Waals surface area contributed by atoms with Gasteiger partial charge in [-0.3, -0.25) is 14.7 Å². The molecular weight excluding hydrogens is 196 g/mol. The number of aryl methyl sites for hydroxylation is 1. The van der Waals surface area contributed by atoms with Gasteiger partial charge in [-0.05, 0) is 13.8 Å². The number of nitrogens with zero attached hydrogens (tertiary/aromatic N) is 3. The Morgan fingerprint density at radius 2 is 2.13 bits per heavy atom. The largest absolute Gasteiger partial charge is 0.338 e. The Bertz CT molecular complexity index is 372. The Hall–Kier alpha value is -1.72. The van der Waals surface area contributed by atoms with Crippen LogP contribution in [0.5, 0.6) is 0 Å². The first-order valence-electron chi connectivity index (χ1n) is 4.60. The van der Waals surface area contributed by atoms with Crippen molar-refractivity contribution in [1.29, 1.82) is 0 Å². The predicted molar refractivity (Wildman–Crippen MR) is 52.9 cm³/mol. The fourth-order valence-electron chi connectivity index (χ4n) is 1.11. The molecule has 0 aromatic carbocycles. The molecule has 6 nitrogen and oxygen atoms in total. The van der Waals surface area contributed by atoms with E-state index in [4.69, 9.17) is 0 Å². The van der Waals surface area contributed by atoms with Gasteiger partial charge in [0, 0.05) is 7.05 Å².